The molecule has 0 spiro atoms. The molecular weight excluding hydrogens is 312 g/mol. The zero-order valence-corrected chi connectivity index (χ0v) is 13.8. The second kappa shape index (κ2) is 5.57. The quantitative estimate of drug-likeness (QED) is 0.941. The van der Waals surface area contributed by atoms with E-state index in [4.69, 9.17) is 11.6 Å². The van der Waals surface area contributed by atoms with Crippen molar-refractivity contribution in [3.05, 3.63) is 40.7 Å². The van der Waals surface area contributed by atoms with E-state index in [0.717, 1.165) is 29.3 Å². The average Bonchev–Trinajstić information content (AvgIpc) is 3.29. The van der Waals surface area contributed by atoms with Crippen molar-refractivity contribution in [1.29, 1.82) is 0 Å². The third-order valence-electron chi connectivity index (χ3n) is 4.48. The largest absolute Gasteiger partial charge is 0.365 e. The highest BCUT2D eigenvalue weighted by molar-refractivity contribution is 6.31. The van der Waals surface area contributed by atoms with Gasteiger partial charge in [-0.25, -0.2) is 0 Å². The number of aryl methyl sites for hydroxylation is 1. The van der Waals surface area contributed by atoms with Crippen LogP contribution >= 0.6 is 11.6 Å². The van der Waals surface area contributed by atoms with Crippen LogP contribution in [0.15, 0.2) is 24.3 Å². The van der Waals surface area contributed by atoms with Gasteiger partial charge in [0.05, 0.1) is 23.5 Å². The zero-order chi connectivity index (χ0) is 16.0. The first-order valence-electron chi connectivity index (χ1n) is 7.99. The summed E-state index contributed by atoms with van der Waals surface area (Å²) < 4.78 is 0. The second-order valence-corrected chi connectivity index (χ2v) is 6.76. The number of anilines is 2. The predicted octanol–water partition coefficient (Wildman–Crippen LogP) is 2.93. The summed E-state index contributed by atoms with van der Waals surface area (Å²) in [5, 5.41) is 7.77. The molecule has 120 valence electrons. The van der Waals surface area contributed by atoms with Crippen LogP contribution in [0, 0.1) is 6.92 Å². The van der Waals surface area contributed by atoms with Crippen molar-refractivity contribution >= 4 is 28.9 Å². The molecule has 1 N–H and O–H groups in total. The van der Waals surface area contributed by atoms with Crippen LogP contribution in [-0.4, -0.2) is 35.2 Å². The Bertz CT molecular complexity index is 753. The van der Waals surface area contributed by atoms with Crippen molar-refractivity contribution in [3.63, 3.8) is 0 Å². The zero-order valence-electron chi connectivity index (χ0n) is 13.1. The molecular formula is C17H19ClN4O. The summed E-state index contributed by atoms with van der Waals surface area (Å²) in [6, 6.07) is 8.32. The highest BCUT2D eigenvalue weighted by Crippen LogP contribution is 2.41. The first-order chi connectivity index (χ1) is 11.1. The van der Waals surface area contributed by atoms with E-state index < -0.39 is 0 Å². The number of amides is 1. The van der Waals surface area contributed by atoms with Gasteiger partial charge in [-0.3, -0.25) is 9.89 Å². The molecule has 2 heterocycles. The highest BCUT2D eigenvalue weighted by Gasteiger charge is 2.35. The molecule has 2 aromatic rings. The number of carbonyl (C=O) groups is 1. The van der Waals surface area contributed by atoms with E-state index in [-0.39, 0.29) is 5.91 Å². The smallest absolute Gasteiger partial charge is 0.233 e. The Labute approximate surface area is 140 Å². The van der Waals surface area contributed by atoms with Crippen LogP contribution in [0.3, 0.4) is 0 Å². The molecule has 1 amide bonds. The molecule has 1 aromatic heterocycles. The maximum atomic E-state index is 12.7. The second-order valence-electron chi connectivity index (χ2n) is 6.32. The van der Waals surface area contributed by atoms with Gasteiger partial charge < -0.3 is 9.80 Å². The fourth-order valence-corrected chi connectivity index (χ4v) is 3.41. The molecule has 0 atom stereocenters. The van der Waals surface area contributed by atoms with E-state index in [0.29, 0.717) is 24.0 Å². The van der Waals surface area contributed by atoms with E-state index in [1.165, 1.54) is 12.8 Å². The molecule has 0 saturated heterocycles. The maximum Gasteiger partial charge on any atom is 0.233 e. The van der Waals surface area contributed by atoms with Gasteiger partial charge in [0.15, 0.2) is 0 Å². The molecule has 23 heavy (non-hydrogen) atoms. The lowest BCUT2D eigenvalue weighted by Crippen LogP contribution is -2.45. The molecule has 1 aliphatic carbocycles. The van der Waals surface area contributed by atoms with Crippen molar-refractivity contribution in [2.24, 2.45) is 0 Å². The van der Waals surface area contributed by atoms with Crippen LogP contribution in [0.4, 0.5) is 11.4 Å². The van der Waals surface area contributed by atoms with E-state index in [2.05, 4.69) is 15.1 Å². The van der Waals surface area contributed by atoms with Crippen molar-refractivity contribution < 1.29 is 4.79 Å². The number of rotatable bonds is 3. The number of carbonyl (C=O) groups excluding carboxylic acids is 1. The van der Waals surface area contributed by atoms with E-state index in [1.807, 2.05) is 36.1 Å². The van der Waals surface area contributed by atoms with Gasteiger partial charge in [0, 0.05) is 29.8 Å². The van der Waals surface area contributed by atoms with Gasteiger partial charge in [0.2, 0.25) is 5.91 Å². The first kappa shape index (κ1) is 14.6. The van der Waals surface area contributed by atoms with E-state index in [9.17, 15) is 4.79 Å². The highest BCUT2D eigenvalue weighted by atomic mass is 35.5. The van der Waals surface area contributed by atoms with Gasteiger partial charge >= 0.3 is 0 Å². The van der Waals surface area contributed by atoms with E-state index >= 15 is 0 Å². The number of aromatic nitrogens is 2. The average molecular weight is 331 g/mol. The lowest BCUT2D eigenvalue weighted by Gasteiger charge is -2.38. The van der Waals surface area contributed by atoms with Gasteiger partial charge in [-0.05, 0) is 44.0 Å². The number of hydrogen-bond acceptors (Lipinski definition) is 3. The summed E-state index contributed by atoms with van der Waals surface area (Å²) >= 11 is 6.18. The number of benzene rings is 1. The molecule has 1 aromatic carbocycles. The minimum atomic E-state index is 0.0792. The van der Waals surface area contributed by atoms with Gasteiger partial charge in [-0.1, -0.05) is 11.6 Å². The molecule has 0 unspecified atom stereocenters. The number of H-pyrrole nitrogens is 1. The van der Waals surface area contributed by atoms with Crippen molar-refractivity contribution in [2.45, 2.75) is 32.2 Å². The van der Waals surface area contributed by atoms with Crippen LogP contribution in [0.2, 0.25) is 5.02 Å². The lowest BCUT2D eigenvalue weighted by atomic mass is 10.1. The molecule has 0 bridgehead atoms. The van der Waals surface area contributed by atoms with Crippen LogP contribution in [-0.2, 0) is 11.2 Å². The summed E-state index contributed by atoms with van der Waals surface area (Å²) in [6.07, 6.45) is 2.77. The van der Waals surface area contributed by atoms with E-state index in [1.54, 1.807) is 0 Å². The number of nitrogens with one attached hydrogen (secondary N) is 1. The fourth-order valence-electron chi connectivity index (χ4n) is 3.24. The summed E-state index contributed by atoms with van der Waals surface area (Å²) in [5.41, 5.74) is 3.80. The summed E-state index contributed by atoms with van der Waals surface area (Å²) in [4.78, 5) is 17.0. The maximum absolute atomic E-state index is 12.7. The minimum absolute atomic E-state index is 0.0792. The standard InChI is InChI=1S/C17H19ClN4O/c1-11-8-13(20-19-11)10-17(23)22-7-6-21(14-3-4-14)16-9-12(18)2-5-15(16)22/h2,5,8-9,14H,3-4,6-7,10H2,1H3,(H,19,20). The van der Waals surface area contributed by atoms with Gasteiger partial charge in [0.1, 0.15) is 0 Å². The van der Waals surface area contributed by atoms with Gasteiger partial charge in [-0.2, -0.15) is 5.10 Å². The van der Waals surface area contributed by atoms with Gasteiger partial charge in [-0.15, -0.1) is 0 Å². The summed E-state index contributed by atoms with van der Waals surface area (Å²) in [7, 11) is 0. The number of halogens is 1. The molecule has 1 fully saturated rings. The van der Waals surface area contributed by atoms with Crippen LogP contribution in [0.5, 0.6) is 0 Å². The Morgan fingerprint density at radius 3 is 2.83 bits per heavy atom. The SMILES string of the molecule is Cc1cc(CC(=O)N2CCN(C3CC3)c3cc(Cl)ccc32)n[nH]1. The predicted molar refractivity (Wildman–Crippen MR) is 91.2 cm³/mol. The summed E-state index contributed by atoms with van der Waals surface area (Å²) in [5.74, 6) is 0.0792. The third-order valence-corrected chi connectivity index (χ3v) is 4.72. The Balaban J connectivity index is 1.62. The van der Waals surface area contributed by atoms with Crippen LogP contribution in [0.25, 0.3) is 0 Å². The van der Waals surface area contributed by atoms with Crippen LogP contribution < -0.4 is 9.80 Å². The number of fused-ring (bicyclic) bond motifs is 1. The normalized spacial score (nSPS) is 17.3. The van der Waals surface area contributed by atoms with Crippen LogP contribution in [0.1, 0.15) is 24.2 Å². The van der Waals surface area contributed by atoms with Gasteiger partial charge in [0.25, 0.3) is 0 Å². The Morgan fingerprint density at radius 2 is 2.13 bits per heavy atom. The topological polar surface area (TPSA) is 52.2 Å². The Kier molecular flexibility index (Phi) is 3.53. The lowest BCUT2D eigenvalue weighted by molar-refractivity contribution is -0.118. The molecule has 0 radical (unpaired) electrons. The monoisotopic (exact) mass is 330 g/mol. The Hall–Kier alpha value is -2.01. The third kappa shape index (κ3) is 2.81. The molecule has 2 aliphatic rings. The molecule has 4 rings (SSSR count). The van der Waals surface area contributed by atoms with Crippen molar-refractivity contribution in [3.8, 4) is 0 Å². The number of nitrogens with zero attached hydrogens (tertiary/aromatic N) is 3. The molecule has 6 heteroatoms. The van der Waals surface area contributed by atoms with Crippen molar-refractivity contribution in [2.75, 3.05) is 22.9 Å². The first-order valence-corrected chi connectivity index (χ1v) is 8.37. The molecule has 1 saturated carbocycles. The molecule has 1 aliphatic heterocycles. The summed E-state index contributed by atoms with van der Waals surface area (Å²) in [6.45, 7) is 3.52. The molecule has 5 nitrogen and oxygen atoms in total. The Morgan fingerprint density at radius 1 is 1.30 bits per heavy atom. The minimum Gasteiger partial charge on any atom is -0.365 e. The fraction of sp³-hybridized carbons (Fsp3) is 0.412. The number of aromatic amines is 1. The van der Waals surface area contributed by atoms with Crippen molar-refractivity contribution in [1.82, 2.24) is 10.2 Å². The number of hydrogen-bond donors (Lipinski definition) is 1.